The number of H-pyrrole nitrogens is 1. The van der Waals surface area contributed by atoms with E-state index in [0.717, 1.165) is 87.8 Å². The molecule has 350 valence electrons. The molecule has 10 rings (SSSR count). The number of nitrogens with zero attached hydrogens (tertiary/aromatic N) is 3. The standard InChI is InChI=1S/C55H80N4O5/c1-10-11-30-63-46(60)37-31-38(49(37,2)3)47(61)64-43-20-21-52(7)41(50(43,4)5)19-22-54(9)42(52)17-16-36-44-35(51(6)24-25-51)18-23-55(44,27-26-53(36,54)8)48(62)59-29-13-15-40(59)45-57-33-39(58-45)34-14-12-28-56-32-34/h12,14,28,32-33,35-38,40-44H,10-11,13,15-27,29-31H2,1-9H3,(H,57,58)/t35?,36-,37?,38?,40?,41+,42-,43+,44-,52+,53-,54-,55+/m1/s1. The van der Waals surface area contributed by atoms with Gasteiger partial charge in [-0.25, -0.2) is 4.98 Å². The summed E-state index contributed by atoms with van der Waals surface area (Å²) in [6.07, 6.45) is 23.6. The minimum Gasteiger partial charge on any atom is -0.465 e. The lowest BCUT2D eigenvalue weighted by Gasteiger charge is -2.73. The number of ether oxygens (including phenoxy) is 2. The van der Waals surface area contributed by atoms with Crippen LogP contribution in [0.25, 0.3) is 11.3 Å². The van der Waals surface area contributed by atoms with E-state index < -0.39 is 5.41 Å². The second-order valence-electron chi connectivity index (χ2n) is 25.2. The Labute approximate surface area is 384 Å². The number of imidazole rings is 1. The smallest absolute Gasteiger partial charge is 0.309 e. The van der Waals surface area contributed by atoms with Crippen LogP contribution in [0.4, 0.5) is 0 Å². The monoisotopic (exact) mass is 877 g/mol. The largest absolute Gasteiger partial charge is 0.465 e. The number of aromatic nitrogens is 3. The predicted molar refractivity (Wildman–Crippen MR) is 248 cm³/mol. The molecule has 2 aromatic heterocycles. The number of hydrogen-bond donors (Lipinski definition) is 1. The Balaban J connectivity index is 0.879. The lowest BCUT2D eigenvalue weighted by atomic mass is 9.32. The fourth-order valence-electron chi connectivity index (χ4n) is 17.6. The van der Waals surface area contributed by atoms with E-state index in [9.17, 15) is 9.59 Å². The van der Waals surface area contributed by atoms with E-state index in [-0.39, 0.29) is 63.0 Å². The molecule has 0 aromatic carbocycles. The molecule has 3 heterocycles. The molecule has 1 aliphatic heterocycles. The zero-order chi connectivity index (χ0) is 45.2. The maximum absolute atomic E-state index is 15.7. The zero-order valence-corrected chi connectivity index (χ0v) is 40.9. The first-order valence-electron chi connectivity index (χ1n) is 26.0. The lowest BCUT2D eigenvalue weighted by molar-refractivity contribution is -0.253. The molecule has 0 bridgehead atoms. The van der Waals surface area contributed by atoms with E-state index in [0.29, 0.717) is 53.9 Å². The molecule has 13 atom stereocenters. The fourth-order valence-corrected chi connectivity index (χ4v) is 17.6. The van der Waals surface area contributed by atoms with Crippen molar-refractivity contribution in [3.8, 4) is 11.3 Å². The third kappa shape index (κ3) is 6.42. The molecule has 4 unspecified atom stereocenters. The third-order valence-corrected chi connectivity index (χ3v) is 22.0. The quantitative estimate of drug-likeness (QED) is 0.187. The minimum absolute atomic E-state index is 0.00528. The number of pyridine rings is 1. The molecule has 64 heavy (non-hydrogen) atoms. The van der Waals surface area contributed by atoms with Crippen LogP contribution in [0.5, 0.6) is 0 Å². The van der Waals surface area contributed by atoms with Crippen molar-refractivity contribution in [2.75, 3.05) is 13.2 Å². The van der Waals surface area contributed by atoms with Gasteiger partial charge in [-0.1, -0.05) is 68.7 Å². The second kappa shape index (κ2) is 15.4. The van der Waals surface area contributed by atoms with Gasteiger partial charge in [-0.2, -0.15) is 0 Å². The van der Waals surface area contributed by atoms with Crippen LogP contribution < -0.4 is 0 Å². The highest BCUT2D eigenvalue weighted by atomic mass is 16.5. The first kappa shape index (κ1) is 44.6. The molecule has 1 N–H and O–H groups in total. The van der Waals surface area contributed by atoms with Gasteiger partial charge >= 0.3 is 11.9 Å². The first-order chi connectivity index (χ1) is 30.4. The van der Waals surface area contributed by atoms with Crippen molar-refractivity contribution in [3.05, 3.63) is 36.5 Å². The molecule has 7 aliphatic carbocycles. The summed E-state index contributed by atoms with van der Waals surface area (Å²) in [5.74, 6) is 3.20. The molecule has 8 fully saturated rings. The number of nitrogens with one attached hydrogen (secondary N) is 1. The van der Waals surface area contributed by atoms with Gasteiger partial charge in [0.05, 0.1) is 41.8 Å². The predicted octanol–water partition coefficient (Wildman–Crippen LogP) is 11.9. The number of esters is 2. The van der Waals surface area contributed by atoms with Gasteiger partial charge in [0.15, 0.2) is 0 Å². The summed E-state index contributed by atoms with van der Waals surface area (Å²) >= 11 is 0. The Morgan fingerprint density at radius 3 is 2.28 bits per heavy atom. The van der Waals surface area contributed by atoms with E-state index >= 15 is 4.79 Å². The fraction of sp³-hybridized carbons (Fsp3) is 0.800. The number of hydrogen-bond acceptors (Lipinski definition) is 7. The summed E-state index contributed by atoms with van der Waals surface area (Å²) in [6, 6.07) is 4.02. The van der Waals surface area contributed by atoms with Crippen LogP contribution in [-0.2, 0) is 23.9 Å². The normalized spacial score (nSPS) is 42.3. The van der Waals surface area contributed by atoms with Gasteiger partial charge in [-0.3, -0.25) is 19.4 Å². The Bertz CT molecular complexity index is 2130. The molecule has 8 aliphatic rings. The molecule has 0 radical (unpaired) electrons. The van der Waals surface area contributed by atoms with Gasteiger partial charge in [0.25, 0.3) is 0 Å². The number of rotatable bonds is 10. The Morgan fingerprint density at radius 2 is 1.56 bits per heavy atom. The van der Waals surface area contributed by atoms with Crippen LogP contribution in [0.3, 0.4) is 0 Å². The molecule has 9 nitrogen and oxygen atoms in total. The highest BCUT2D eigenvalue weighted by Crippen LogP contribution is 2.79. The lowest BCUT2D eigenvalue weighted by Crippen LogP contribution is -2.67. The van der Waals surface area contributed by atoms with Gasteiger partial charge in [-0.05, 0) is 172 Å². The number of carbonyl (C=O) groups is 3. The van der Waals surface area contributed by atoms with Crippen LogP contribution >= 0.6 is 0 Å². The summed E-state index contributed by atoms with van der Waals surface area (Å²) in [5.41, 5.74) is 1.93. The van der Waals surface area contributed by atoms with Gasteiger partial charge < -0.3 is 19.4 Å². The van der Waals surface area contributed by atoms with E-state index in [4.69, 9.17) is 14.5 Å². The van der Waals surface area contributed by atoms with Crippen molar-refractivity contribution >= 4 is 17.8 Å². The number of amides is 1. The summed E-state index contributed by atoms with van der Waals surface area (Å²) in [7, 11) is 0. The van der Waals surface area contributed by atoms with Crippen LogP contribution in [-0.4, -0.2) is 57.0 Å². The van der Waals surface area contributed by atoms with E-state index in [2.05, 4.69) is 69.4 Å². The highest BCUT2D eigenvalue weighted by Gasteiger charge is 2.74. The zero-order valence-electron chi connectivity index (χ0n) is 40.9. The molecular formula is C55H80N4O5. The topological polar surface area (TPSA) is 114 Å². The Hall–Kier alpha value is -3.23. The van der Waals surface area contributed by atoms with Gasteiger partial charge in [-0.15, -0.1) is 0 Å². The van der Waals surface area contributed by atoms with E-state index in [1.807, 2.05) is 32.3 Å². The maximum atomic E-state index is 15.7. The van der Waals surface area contributed by atoms with Crippen molar-refractivity contribution in [2.24, 2.45) is 79.3 Å². The number of aromatic amines is 1. The molecule has 1 amide bonds. The average Bonchev–Trinajstić information content (AvgIpc) is 3.64. The molecule has 9 heteroatoms. The van der Waals surface area contributed by atoms with Gasteiger partial charge in [0, 0.05) is 29.9 Å². The van der Waals surface area contributed by atoms with E-state index in [1.165, 1.54) is 38.5 Å². The SMILES string of the molecule is CCCCOC(=O)C1CC(C(=O)O[C@H]2CC[C@]3(C)[C@H]4CC[C@@H]5[C@H]6C(C7(C)CC7)CC[C@]6(C(=O)N6CCCC6c6ncc(-c7cccnc7)[nH]6)CC[C@@]5(C)[C@]4(C)CC[C@H]3C2(C)C)C1(C)C. The van der Waals surface area contributed by atoms with Crippen LogP contribution in [0.15, 0.2) is 30.7 Å². The third-order valence-electron chi connectivity index (χ3n) is 22.0. The van der Waals surface area contributed by atoms with Crippen molar-refractivity contribution < 1.29 is 23.9 Å². The van der Waals surface area contributed by atoms with E-state index in [1.54, 1.807) is 6.20 Å². The van der Waals surface area contributed by atoms with Crippen molar-refractivity contribution in [2.45, 2.75) is 184 Å². The van der Waals surface area contributed by atoms with Gasteiger partial charge in [0.2, 0.25) is 5.91 Å². The molecule has 0 spiro atoms. The van der Waals surface area contributed by atoms with Crippen LogP contribution in [0.1, 0.15) is 183 Å². The summed E-state index contributed by atoms with van der Waals surface area (Å²) in [4.78, 5) is 57.9. The van der Waals surface area contributed by atoms with Crippen molar-refractivity contribution in [3.63, 3.8) is 0 Å². The molecule has 7 saturated carbocycles. The molecule has 2 aromatic rings. The Kier molecular flexibility index (Phi) is 10.7. The molecule has 1 saturated heterocycles. The summed E-state index contributed by atoms with van der Waals surface area (Å²) in [6.45, 7) is 22.9. The maximum Gasteiger partial charge on any atom is 0.309 e. The van der Waals surface area contributed by atoms with Crippen LogP contribution in [0, 0.1) is 79.3 Å². The second-order valence-corrected chi connectivity index (χ2v) is 25.2. The first-order valence-corrected chi connectivity index (χ1v) is 26.0. The summed E-state index contributed by atoms with van der Waals surface area (Å²) < 4.78 is 12.2. The number of likely N-dealkylation sites (tertiary alicyclic amines) is 1. The minimum atomic E-state index is -0.466. The van der Waals surface area contributed by atoms with Gasteiger partial charge in [0.1, 0.15) is 11.9 Å². The summed E-state index contributed by atoms with van der Waals surface area (Å²) in [5, 5.41) is 0. The number of unbranched alkanes of at least 4 members (excludes halogenated alkanes) is 1. The highest BCUT2D eigenvalue weighted by molar-refractivity contribution is 5.85. The number of fused-ring (bicyclic) bond motifs is 7. The van der Waals surface area contributed by atoms with Crippen molar-refractivity contribution in [1.82, 2.24) is 19.9 Å². The van der Waals surface area contributed by atoms with Crippen molar-refractivity contribution in [1.29, 1.82) is 0 Å². The average molecular weight is 877 g/mol. The number of carbonyl (C=O) groups excluding carboxylic acids is 3. The molecular weight excluding hydrogens is 797 g/mol. The Morgan fingerprint density at radius 1 is 0.781 bits per heavy atom. The van der Waals surface area contributed by atoms with Crippen LogP contribution in [0.2, 0.25) is 0 Å².